The van der Waals surface area contributed by atoms with Gasteiger partial charge in [-0.3, -0.25) is 4.90 Å². The van der Waals surface area contributed by atoms with Crippen LogP contribution in [0.25, 0.3) is 0 Å². The van der Waals surface area contributed by atoms with Crippen molar-refractivity contribution >= 4 is 11.8 Å². The number of rotatable bonds is 6. The normalized spacial score (nSPS) is 11.4. The summed E-state index contributed by atoms with van der Waals surface area (Å²) in [4.78, 5) is 3.61. The van der Waals surface area contributed by atoms with E-state index in [0.29, 0.717) is 5.25 Å². The Bertz CT molecular complexity index is 295. The summed E-state index contributed by atoms with van der Waals surface area (Å²) >= 11 is 1.91. The van der Waals surface area contributed by atoms with Crippen molar-refractivity contribution < 1.29 is 0 Å². The summed E-state index contributed by atoms with van der Waals surface area (Å²) in [5, 5.41) is 3.80. The van der Waals surface area contributed by atoms with E-state index in [1.54, 1.807) is 0 Å². The number of nitrogens with one attached hydrogen (secondary N) is 1. The van der Waals surface area contributed by atoms with E-state index in [-0.39, 0.29) is 0 Å². The van der Waals surface area contributed by atoms with Gasteiger partial charge in [0.15, 0.2) is 0 Å². The van der Waals surface area contributed by atoms with E-state index in [2.05, 4.69) is 55.4 Å². The number of hydrogen-bond donors (Lipinski definition) is 1. The second-order valence-electron chi connectivity index (χ2n) is 4.34. The molecule has 0 bridgehead atoms. The average molecular weight is 238 g/mol. The van der Waals surface area contributed by atoms with Crippen LogP contribution in [0.2, 0.25) is 0 Å². The van der Waals surface area contributed by atoms with Crippen molar-refractivity contribution in [3.05, 3.63) is 29.8 Å². The molecule has 0 saturated heterocycles. The van der Waals surface area contributed by atoms with Crippen LogP contribution in [0, 0.1) is 0 Å². The number of thioether (sulfide) groups is 1. The summed E-state index contributed by atoms with van der Waals surface area (Å²) in [6.07, 6.45) is 0. The minimum absolute atomic E-state index is 0.651. The molecule has 0 aliphatic carbocycles. The van der Waals surface area contributed by atoms with Gasteiger partial charge in [0.05, 0.1) is 0 Å². The fourth-order valence-electron chi connectivity index (χ4n) is 1.58. The molecule has 0 unspecified atom stereocenters. The minimum atomic E-state index is 0.651. The summed E-state index contributed by atoms with van der Waals surface area (Å²) in [6.45, 7) is 6.36. The first kappa shape index (κ1) is 13.6. The third-order valence-corrected chi connectivity index (χ3v) is 3.19. The van der Waals surface area contributed by atoms with Gasteiger partial charge in [0.25, 0.3) is 0 Å². The molecule has 3 heteroatoms. The Morgan fingerprint density at radius 3 is 2.38 bits per heavy atom. The molecular weight excluding hydrogens is 216 g/mol. The average Bonchev–Trinajstić information content (AvgIpc) is 2.20. The zero-order valence-corrected chi connectivity index (χ0v) is 11.5. The molecule has 0 aliphatic heterocycles. The molecule has 0 radical (unpaired) electrons. The van der Waals surface area contributed by atoms with Crippen molar-refractivity contribution in [2.24, 2.45) is 0 Å². The lowest BCUT2D eigenvalue weighted by Crippen LogP contribution is -2.27. The number of benzene rings is 1. The molecule has 0 heterocycles. The first-order valence-electron chi connectivity index (χ1n) is 5.70. The Labute approximate surface area is 103 Å². The second kappa shape index (κ2) is 6.94. The van der Waals surface area contributed by atoms with Crippen molar-refractivity contribution in [2.45, 2.75) is 30.5 Å². The van der Waals surface area contributed by atoms with Crippen LogP contribution >= 0.6 is 11.8 Å². The Morgan fingerprint density at radius 2 is 1.88 bits per heavy atom. The molecular formula is C13H22N2S. The fourth-order valence-corrected chi connectivity index (χ4v) is 2.42. The van der Waals surface area contributed by atoms with Gasteiger partial charge >= 0.3 is 0 Å². The van der Waals surface area contributed by atoms with Crippen molar-refractivity contribution in [1.82, 2.24) is 10.2 Å². The van der Waals surface area contributed by atoms with Crippen LogP contribution in [-0.2, 0) is 6.54 Å². The number of nitrogens with zero attached hydrogens (tertiary/aromatic N) is 1. The van der Waals surface area contributed by atoms with Crippen LogP contribution in [0.15, 0.2) is 29.2 Å². The van der Waals surface area contributed by atoms with Gasteiger partial charge in [0, 0.05) is 23.4 Å². The maximum Gasteiger partial charge on any atom is 0.0478 e. The zero-order chi connectivity index (χ0) is 12.0. The highest BCUT2D eigenvalue weighted by Gasteiger charge is 2.01. The van der Waals surface area contributed by atoms with Crippen molar-refractivity contribution in [3.8, 4) is 0 Å². The second-order valence-corrected chi connectivity index (χ2v) is 5.99. The Hall–Kier alpha value is -0.510. The van der Waals surface area contributed by atoms with Crippen molar-refractivity contribution in [3.63, 3.8) is 0 Å². The van der Waals surface area contributed by atoms with Gasteiger partial charge < -0.3 is 5.32 Å². The molecule has 0 aromatic heterocycles. The Kier molecular flexibility index (Phi) is 5.88. The van der Waals surface area contributed by atoms with Crippen LogP contribution in [0.4, 0.5) is 0 Å². The van der Waals surface area contributed by atoms with Gasteiger partial charge in [-0.1, -0.05) is 26.0 Å². The van der Waals surface area contributed by atoms with E-state index in [4.69, 9.17) is 0 Å². The molecule has 16 heavy (non-hydrogen) atoms. The Balaban J connectivity index is 2.50. The molecule has 1 N–H and O–H groups in total. The molecule has 0 aliphatic rings. The largest absolute Gasteiger partial charge is 0.307 e. The standard InChI is InChI=1S/C13H22N2S/c1-11(2)16-13-7-5-12(6-8-13)9-15(4)10-14-3/h5-8,11,14H,9-10H2,1-4H3. The third kappa shape index (κ3) is 5.01. The molecule has 2 nitrogen and oxygen atoms in total. The molecule has 0 saturated carbocycles. The molecule has 0 spiro atoms. The van der Waals surface area contributed by atoms with E-state index in [9.17, 15) is 0 Å². The van der Waals surface area contributed by atoms with Crippen LogP contribution in [0.3, 0.4) is 0 Å². The first-order valence-corrected chi connectivity index (χ1v) is 6.58. The lowest BCUT2D eigenvalue weighted by molar-refractivity contribution is 0.310. The minimum Gasteiger partial charge on any atom is -0.307 e. The summed E-state index contributed by atoms with van der Waals surface area (Å²) in [5.74, 6) is 0. The fraction of sp³-hybridized carbons (Fsp3) is 0.538. The van der Waals surface area contributed by atoms with Crippen molar-refractivity contribution in [2.75, 3.05) is 20.8 Å². The predicted octanol–water partition coefficient (Wildman–Crippen LogP) is 2.80. The van der Waals surface area contributed by atoms with Gasteiger partial charge in [-0.15, -0.1) is 11.8 Å². The summed E-state index contributed by atoms with van der Waals surface area (Å²) in [6, 6.07) is 8.87. The predicted molar refractivity (Wildman–Crippen MR) is 72.8 cm³/mol. The highest BCUT2D eigenvalue weighted by Crippen LogP contribution is 2.23. The van der Waals surface area contributed by atoms with Gasteiger partial charge in [0.1, 0.15) is 0 Å². The quantitative estimate of drug-likeness (QED) is 0.606. The smallest absolute Gasteiger partial charge is 0.0478 e. The molecule has 1 aromatic carbocycles. The Morgan fingerprint density at radius 1 is 1.25 bits per heavy atom. The number of hydrogen-bond acceptors (Lipinski definition) is 3. The summed E-state index contributed by atoms with van der Waals surface area (Å²) in [7, 11) is 4.09. The molecule has 1 rings (SSSR count). The van der Waals surface area contributed by atoms with E-state index < -0.39 is 0 Å². The highest BCUT2D eigenvalue weighted by molar-refractivity contribution is 7.99. The van der Waals surface area contributed by atoms with Crippen molar-refractivity contribution in [1.29, 1.82) is 0 Å². The maximum absolute atomic E-state index is 3.15. The summed E-state index contributed by atoms with van der Waals surface area (Å²) in [5.41, 5.74) is 1.37. The summed E-state index contributed by atoms with van der Waals surface area (Å²) < 4.78 is 0. The molecule has 1 aromatic rings. The lowest BCUT2D eigenvalue weighted by atomic mass is 10.2. The third-order valence-electron chi connectivity index (χ3n) is 2.18. The van der Waals surface area contributed by atoms with Gasteiger partial charge in [-0.25, -0.2) is 0 Å². The van der Waals surface area contributed by atoms with Gasteiger partial charge in [-0.05, 0) is 31.8 Å². The van der Waals surface area contributed by atoms with Gasteiger partial charge in [0.2, 0.25) is 0 Å². The highest BCUT2D eigenvalue weighted by atomic mass is 32.2. The van der Waals surface area contributed by atoms with Crippen LogP contribution in [0.1, 0.15) is 19.4 Å². The monoisotopic (exact) mass is 238 g/mol. The lowest BCUT2D eigenvalue weighted by Gasteiger charge is -2.16. The van der Waals surface area contributed by atoms with E-state index >= 15 is 0 Å². The van der Waals surface area contributed by atoms with E-state index in [1.807, 2.05) is 18.8 Å². The van der Waals surface area contributed by atoms with Gasteiger partial charge in [-0.2, -0.15) is 0 Å². The first-order chi connectivity index (χ1) is 7.61. The molecule has 0 fully saturated rings. The van der Waals surface area contributed by atoms with Crippen LogP contribution in [-0.4, -0.2) is 30.9 Å². The zero-order valence-electron chi connectivity index (χ0n) is 10.7. The molecule has 90 valence electrons. The SMILES string of the molecule is CNCN(C)Cc1ccc(SC(C)C)cc1. The molecule has 0 atom stereocenters. The van der Waals surface area contributed by atoms with Crippen LogP contribution < -0.4 is 5.32 Å². The van der Waals surface area contributed by atoms with E-state index in [1.165, 1.54) is 10.5 Å². The maximum atomic E-state index is 3.15. The van der Waals surface area contributed by atoms with E-state index in [0.717, 1.165) is 13.2 Å². The molecule has 0 amide bonds. The van der Waals surface area contributed by atoms with Crippen LogP contribution in [0.5, 0.6) is 0 Å². The topological polar surface area (TPSA) is 15.3 Å².